The zero-order valence-electron chi connectivity index (χ0n) is 9.56. The molecule has 0 aliphatic heterocycles. The van der Waals surface area contributed by atoms with Crippen LogP contribution in [0.5, 0.6) is 0 Å². The van der Waals surface area contributed by atoms with Crippen LogP contribution < -0.4 is 5.73 Å². The lowest BCUT2D eigenvalue weighted by molar-refractivity contribution is -0.131. The fourth-order valence-corrected chi connectivity index (χ4v) is 1.89. The van der Waals surface area contributed by atoms with Crippen molar-refractivity contribution in [3.63, 3.8) is 0 Å². The van der Waals surface area contributed by atoms with Crippen molar-refractivity contribution in [3.8, 4) is 0 Å². The van der Waals surface area contributed by atoms with E-state index in [0.29, 0.717) is 25.4 Å². The molecule has 6 heteroatoms. The van der Waals surface area contributed by atoms with Gasteiger partial charge in [-0.15, -0.1) is 0 Å². The third kappa shape index (κ3) is 4.30. The summed E-state index contributed by atoms with van der Waals surface area (Å²) in [6.45, 7) is 0.563. The minimum atomic E-state index is 0.183. The molecule has 1 amide bonds. The Hall–Kier alpha value is -0.910. The van der Waals surface area contributed by atoms with Gasteiger partial charge in [0.1, 0.15) is 5.84 Å². The molecule has 1 aliphatic rings. The monoisotopic (exact) mass is 245 g/mol. The molecule has 0 aromatic carbocycles. The average Bonchev–Trinajstić information content (AvgIpc) is 3.10. The van der Waals surface area contributed by atoms with E-state index in [2.05, 4.69) is 5.16 Å². The van der Waals surface area contributed by atoms with E-state index in [9.17, 15) is 4.79 Å². The summed E-state index contributed by atoms with van der Waals surface area (Å²) in [7, 11) is 0. The number of nitrogens with two attached hydrogens (primary N) is 1. The lowest BCUT2D eigenvalue weighted by Crippen LogP contribution is -2.36. The van der Waals surface area contributed by atoms with Gasteiger partial charge in [-0.3, -0.25) is 4.79 Å². The van der Waals surface area contributed by atoms with Crippen LogP contribution in [-0.2, 0) is 4.79 Å². The lowest BCUT2D eigenvalue weighted by Gasteiger charge is -2.22. The molecule has 0 aromatic heterocycles. The van der Waals surface area contributed by atoms with Gasteiger partial charge in [0.2, 0.25) is 5.91 Å². The van der Waals surface area contributed by atoms with Crippen LogP contribution >= 0.6 is 11.8 Å². The molecule has 0 radical (unpaired) electrons. The summed E-state index contributed by atoms with van der Waals surface area (Å²) >= 11 is 1.67. The maximum Gasteiger partial charge on any atom is 0.223 e. The molecule has 1 saturated carbocycles. The van der Waals surface area contributed by atoms with Crippen LogP contribution in [0.4, 0.5) is 0 Å². The molecule has 0 aromatic rings. The number of rotatable bonds is 7. The molecular formula is C10H19N3O2S. The number of amidine groups is 1. The highest BCUT2D eigenvalue weighted by atomic mass is 32.2. The minimum Gasteiger partial charge on any atom is -0.409 e. The first kappa shape index (κ1) is 13.2. The Morgan fingerprint density at radius 1 is 1.56 bits per heavy atom. The normalized spacial score (nSPS) is 16.2. The highest BCUT2D eigenvalue weighted by Gasteiger charge is 2.31. The van der Waals surface area contributed by atoms with Crippen LogP contribution in [0.15, 0.2) is 5.16 Å². The van der Waals surface area contributed by atoms with Gasteiger partial charge in [-0.25, -0.2) is 0 Å². The smallest absolute Gasteiger partial charge is 0.223 e. The first-order valence-corrected chi connectivity index (χ1v) is 6.83. The summed E-state index contributed by atoms with van der Waals surface area (Å²) in [5.41, 5.74) is 5.40. The average molecular weight is 245 g/mol. The number of hydrogen-bond donors (Lipinski definition) is 2. The van der Waals surface area contributed by atoms with Crippen LogP contribution in [0.3, 0.4) is 0 Å². The fourth-order valence-electron chi connectivity index (χ4n) is 1.52. The number of carbonyl (C=O) groups is 1. The van der Waals surface area contributed by atoms with E-state index in [1.807, 2.05) is 11.2 Å². The number of amides is 1. The molecule has 0 heterocycles. The Kier molecular flexibility index (Phi) is 5.45. The Labute approximate surface area is 100 Å². The number of oxime groups is 1. The maximum atomic E-state index is 11.9. The number of hydrogen-bond acceptors (Lipinski definition) is 4. The summed E-state index contributed by atoms with van der Waals surface area (Å²) in [5, 5.41) is 11.4. The van der Waals surface area contributed by atoms with E-state index in [1.165, 1.54) is 0 Å². The Bertz CT molecular complexity index is 267. The van der Waals surface area contributed by atoms with Crippen molar-refractivity contribution in [2.45, 2.75) is 31.7 Å². The van der Waals surface area contributed by atoms with E-state index in [-0.39, 0.29) is 11.7 Å². The summed E-state index contributed by atoms with van der Waals surface area (Å²) in [6, 6.07) is 0.390. The molecule has 1 rings (SSSR count). The van der Waals surface area contributed by atoms with Gasteiger partial charge in [-0.2, -0.15) is 11.8 Å². The van der Waals surface area contributed by atoms with Crippen LogP contribution in [0.2, 0.25) is 0 Å². The molecule has 92 valence electrons. The predicted octanol–water partition coefficient (Wildman–Crippen LogP) is 0.867. The molecule has 1 fully saturated rings. The van der Waals surface area contributed by atoms with Crippen molar-refractivity contribution >= 4 is 23.5 Å². The van der Waals surface area contributed by atoms with Crippen molar-refractivity contribution in [1.29, 1.82) is 0 Å². The second-order valence-electron chi connectivity index (χ2n) is 3.90. The molecule has 3 N–H and O–H groups in total. The number of thioether (sulfide) groups is 1. The van der Waals surface area contributed by atoms with E-state index in [0.717, 1.165) is 18.6 Å². The molecule has 0 spiro atoms. The minimum absolute atomic E-state index is 0.183. The molecule has 0 unspecified atom stereocenters. The van der Waals surface area contributed by atoms with Crippen LogP contribution in [0.25, 0.3) is 0 Å². The van der Waals surface area contributed by atoms with Gasteiger partial charge in [0.15, 0.2) is 0 Å². The van der Waals surface area contributed by atoms with E-state index < -0.39 is 0 Å². The van der Waals surface area contributed by atoms with Crippen molar-refractivity contribution < 1.29 is 10.0 Å². The zero-order chi connectivity index (χ0) is 12.0. The van der Waals surface area contributed by atoms with Crippen LogP contribution in [0, 0.1) is 0 Å². The van der Waals surface area contributed by atoms with E-state index in [1.54, 1.807) is 11.8 Å². The summed E-state index contributed by atoms with van der Waals surface area (Å²) < 4.78 is 0. The highest BCUT2D eigenvalue weighted by Crippen LogP contribution is 2.27. The second-order valence-corrected chi connectivity index (χ2v) is 4.89. The maximum absolute atomic E-state index is 11.9. The third-order valence-corrected chi connectivity index (χ3v) is 3.18. The SMILES string of the molecule is CSCCC(=O)N(CCC(N)=NO)C1CC1. The number of carbonyl (C=O) groups excluding carboxylic acids is 1. The second kappa shape index (κ2) is 6.62. The largest absolute Gasteiger partial charge is 0.409 e. The predicted molar refractivity (Wildman–Crippen MR) is 65.8 cm³/mol. The van der Waals surface area contributed by atoms with Crippen molar-refractivity contribution in [2.24, 2.45) is 10.9 Å². The highest BCUT2D eigenvalue weighted by molar-refractivity contribution is 7.98. The molecular weight excluding hydrogens is 226 g/mol. The molecule has 0 atom stereocenters. The van der Waals surface area contributed by atoms with Crippen LogP contribution in [0.1, 0.15) is 25.7 Å². The topological polar surface area (TPSA) is 78.9 Å². The van der Waals surface area contributed by atoms with Crippen molar-refractivity contribution in [1.82, 2.24) is 4.90 Å². The Balaban J connectivity index is 2.38. The van der Waals surface area contributed by atoms with Gasteiger partial charge in [0, 0.05) is 31.2 Å². The van der Waals surface area contributed by atoms with E-state index in [4.69, 9.17) is 10.9 Å². The van der Waals surface area contributed by atoms with Crippen molar-refractivity contribution in [3.05, 3.63) is 0 Å². The van der Waals surface area contributed by atoms with Gasteiger partial charge in [0.25, 0.3) is 0 Å². The van der Waals surface area contributed by atoms with Gasteiger partial charge < -0.3 is 15.8 Å². The Morgan fingerprint density at radius 3 is 2.75 bits per heavy atom. The van der Waals surface area contributed by atoms with Gasteiger partial charge in [-0.1, -0.05) is 5.16 Å². The van der Waals surface area contributed by atoms with Gasteiger partial charge in [0.05, 0.1) is 0 Å². The van der Waals surface area contributed by atoms with Gasteiger partial charge >= 0.3 is 0 Å². The Morgan fingerprint density at radius 2 is 2.25 bits per heavy atom. The summed E-state index contributed by atoms with van der Waals surface area (Å²) in [4.78, 5) is 13.7. The van der Waals surface area contributed by atoms with Gasteiger partial charge in [-0.05, 0) is 19.1 Å². The molecule has 1 aliphatic carbocycles. The molecule has 0 saturated heterocycles. The molecule has 16 heavy (non-hydrogen) atoms. The zero-order valence-corrected chi connectivity index (χ0v) is 10.4. The van der Waals surface area contributed by atoms with Crippen LogP contribution in [-0.4, -0.2) is 46.4 Å². The first-order chi connectivity index (χ1) is 7.69. The molecule has 0 bridgehead atoms. The van der Waals surface area contributed by atoms with E-state index >= 15 is 0 Å². The van der Waals surface area contributed by atoms with Crippen molar-refractivity contribution in [2.75, 3.05) is 18.6 Å². The summed E-state index contributed by atoms with van der Waals surface area (Å²) in [5.74, 6) is 1.22. The lowest BCUT2D eigenvalue weighted by atomic mass is 10.3. The molecule has 5 nitrogen and oxygen atoms in total. The fraction of sp³-hybridized carbons (Fsp3) is 0.800. The first-order valence-electron chi connectivity index (χ1n) is 5.43. The third-order valence-electron chi connectivity index (χ3n) is 2.57. The standard InChI is InChI=1S/C10H19N3O2S/c1-16-7-5-10(14)13(8-2-3-8)6-4-9(11)12-15/h8,15H,2-7H2,1H3,(H2,11,12). The summed E-state index contributed by atoms with van der Waals surface area (Å²) in [6.07, 6.45) is 5.18. The quantitative estimate of drug-likeness (QED) is 0.302. The number of nitrogens with zero attached hydrogens (tertiary/aromatic N) is 2.